The summed E-state index contributed by atoms with van der Waals surface area (Å²) in [6, 6.07) is 10.7. The second kappa shape index (κ2) is 7.06. The smallest absolute Gasteiger partial charge is 0.256 e. The number of rotatable bonds is 4. The second-order valence-corrected chi connectivity index (χ2v) is 5.45. The standard InChI is InChI=1S/C17H16N4O3/c18-10-14-16(20-8-7-19-14)24-13-6-9-21(11-13)17(23)15(22)12-4-2-1-3-5-12/h1-5,7-8,13,15,22H,6,9,11H2. The maximum Gasteiger partial charge on any atom is 0.256 e. The topological polar surface area (TPSA) is 99.3 Å². The van der Waals surface area contributed by atoms with E-state index in [9.17, 15) is 9.90 Å². The highest BCUT2D eigenvalue weighted by atomic mass is 16.5. The molecule has 7 nitrogen and oxygen atoms in total. The van der Waals surface area contributed by atoms with Crippen molar-refractivity contribution in [2.75, 3.05) is 13.1 Å². The molecule has 24 heavy (non-hydrogen) atoms. The van der Waals surface area contributed by atoms with Gasteiger partial charge >= 0.3 is 0 Å². The summed E-state index contributed by atoms with van der Waals surface area (Å²) in [6.45, 7) is 0.819. The molecule has 2 atom stereocenters. The van der Waals surface area contributed by atoms with Gasteiger partial charge in [0.25, 0.3) is 11.8 Å². The molecule has 0 bridgehead atoms. The number of hydrogen-bond acceptors (Lipinski definition) is 6. The number of benzene rings is 1. The quantitative estimate of drug-likeness (QED) is 0.903. The van der Waals surface area contributed by atoms with Gasteiger partial charge in [-0.25, -0.2) is 9.97 Å². The molecule has 0 aliphatic carbocycles. The van der Waals surface area contributed by atoms with Gasteiger partial charge in [-0.3, -0.25) is 4.79 Å². The highest BCUT2D eigenvalue weighted by molar-refractivity contribution is 5.82. The van der Waals surface area contributed by atoms with Gasteiger partial charge < -0.3 is 14.7 Å². The lowest BCUT2D eigenvalue weighted by Crippen LogP contribution is -2.34. The van der Waals surface area contributed by atoms with Gasteiger partial charge in [-0.1, -0.05) is 30.3 Å². The van der Waals surface area contributed by atoms with Crippen molar-refractivity contribution in [3.8, 4) is 11.9 Å². The molecule has 2 aromatic rings. The number of amides is 1. The molecule has 0 radical (unpaired) electrons. The molecular weight excluding hydrogens is 308 g/mol. The van der Waals surface area contributed by atoms with Crippen LogP contribution in [-0.2, 0) is 4.79 Å². The summed E-state index contributed by atoms with van der Waals surface area (Å²) in [7, 11) is 0. The summed E-state index contributed by atoms with van der Waals surface area (Å²) in [5.74, 6) is -0.185. The van der Waals surface area contributed by atoms with Gasteiger partial charge in [-0.05, 0) is 5.56 Å². The van der Waals surface area contributed by atoms with E-state index in [1.807, 2.05) is 12.1 Å². The lowest BCUT2D eigenvalue weighted by molar-refractivity contribution is -0.139. The van der Waals surface area contributed by atoms with Crippen LogP contribution in [0.2, 0.25) is 0 Å². The fraction of sp³-hybridized carbons (Fsp3) is 0.294. The van der Waals surface area contributed by atoms with Gasteiger partial charge in [0.1, 0.15) is 12.2 Å². The van der Waals surface area contributed by atoms with E-state index < -0.39 is 6.10 Å². The number of carbonyl (C=O) groups excluding carboxylic acids is 1. The first-order valence-electron chi connectivity index (χ1n) is 7.58. The van der Waals surface area contributed by atoms with Crippen LogP contribution in [0.5, 0.6) is 5.88 Å². The summed E-state index contributed by atoms with van der Waals surface area (Å²) < 4.78 is 5.69. The first-order valence-corrected chi connectivity index (χ1v) is 7.58. The zero-order chi connectivity index (χ0) is 16.9. The SMILES string of the molecule is N#Cc1nccnc1OC1CCN(C(=O)C(O)c2ccccc2)C1. The molecule has 7 heteroatoms. The molecule has 122 valence electrons. The van der Waals surface area contributed by atoms with E-state index >= 15 is 0 Å². The average Bonchev–Trinajstić information content (AvgIpc) is 3.10. The molecule has 1 aliphatic heterocycles. The number of aliphatic hydroxyl groups is 1. The number of nitrogens with zero attached hydrogens (tertiary/aromatic N) is 4. The summed E-state index contributed by atoms with van der Waals surface area (Å²) in [5.41, 5.74) is 0.680. The van der Waals surface area contributed by atoms with E-state index in [4.69, 9.17) is 10.00 Å². The molecule has 1 fully saturated rings. The molecule has 1 saturated heterocycles. The predicted octanol–water partition coefficient (Wildman–Crippen LogP) is 1.06. The lowest BCUT2D eigenvalue weighted by atomic mass is 10.1. The van der Waals surface area contributed by atoms with Crippen molar-refractivity contribution >= 4 is 5.91 Å². The first kappa shape index (κ1) is 15.9. The molecule has 1 aromatic carbocycles. The highest BCUT2D eigenvalue weighted by Gasteiger charge is 2.32. The van der Waals surface area contributed by atoms with E-state index in [1.165, 1.54) is 12.4 Å². The summed E-state index contributed by atoms with van der Waals surface area (Å²) in [6.07, 6.45) is 2.02. The minimum Gasteiger partial charge on any atom is -0.470 e. The van der Waals surface area contributed by atoms with Crippen molar-refractivity contribution < 1.29 is 14.6 Å². The maximum atomic E-state index is 12.4. The van der Waals surface area contributed by atoms with Crippen LogP contribution in [0.25, 0.3) is 0 Å². The largest absolute Gasteiger partial charge is 0.470 e. The van der Waals surface area contributed by atoms with Crippen LogP contribution in [0.3, 0.4) is 0 Å². The van der Waals surface area contributed by atoms with Gasteiger partial charge in [-0.15, -0.1) is 0 Å². The second-order valence-electron chi connectivity index (χ2n) is 5.45. The summed E-state index contributed by atoms with van der Waals surface area (Å²) >= 11 is 0. The Morgan fingerprint density at radius 1 is 1.33 bits per heavy atom. The molecule has 3 rings (SSSR count). The van der Waals surface area contributed by atoms with Gasteiger partial charge in [-0.2, -0.15) is 5.26 Å². The fourth-order valence-electron chi connectivity index (χ4n) is 2.62. The number of ether oxygens (including phenoxy) is 1. The van der Waals surface area contributed by atoms with Crippen LogP contribution in [0.15, 0.2) is 42.7 Å². The minimum atomic E-state index is -1.18. The third kappa shape index (κ3) is 3.34. The molecule has 2 heterocycles. The summed E-state index contributed by atoms with van der Waals surface area (Å²) in [4.78, 5) is 21.9. The van der Waals surface area contributed by atoms with E-state index in [2.05, 4.69) is 9.97 Å². The Kier molecular flexibility index (Phi) is 4.68. The zero-order valence-corrected chi connectivity index (χ0v) is 12.9. The predicted molar refractivity (Wildman–Crippen MR) is 83.8 cm³/mol. The third-order valence-corrected chi connectivity index (χ3v) is 3.85. The van der Waals surface area contributed by atoms with Crippen molar-refractivity contribution in [2.24, 2.45) is 0 Å². The van der Waals surface area contributed by atoms with Crippen molar-refractivity contribution in [1.82, 2.24) is 14.9 Å². The van der Waals surface area contributed by atoms with Crippen molar-refractivity contribution in [3.63, 3.8) is 0 Å². The number of aromatic nitrogens is 2. The Labute approximate surface area is 139 Å². The van der Waals surface area contributed by atoms with Gasteiger partial charge in [0.2, 0.25) is 5.69 Å². The Morgan fingerprint density at radius 3 is 2.83 bits per heavy atom. The van der Waals surface area contributed by atoms with Crippen LogP contribution >= 0.6 is 0 Å². The average molecular weight is 324 g/mol. The number of nitriles is 1. The zero-order valence-electron chi connectivity index (χ0n) is 12.9. The van der Waals surface area contributed by atoms with Crippen molar-refractivity contribution in [3.05, 3.63) is 54.0 Å². The Balaban J connectivity index is 1.63. The van der Waals surface area contributed by atoms with Gasteiger partial charge in [0.05, 0.1) is 6.54 Å². The Bertz CT molecular complexity index is 760. The van der Waals surface area contributed by atoms with Crippen molar-refractivity contribution in [1.29, 1.82) is 5.26 Å². The van der Waals surface area contributed by atoms with Gasteiger partial charge in [0.15, 0.2) is 6.10 Å². The van der Waals surface area contributed by atoms with Gasteiger partial charge in [0, 0.05) is 25.4 Å². The highest BCUT2D eigenvalue weighted by Crippen LogP contribution is 2.22. The summed E-state index contributed by atoms with van der Waals surface area (Å²) in [5, 5.41) is 19.2. The van der Waals surface area contributed by atoms with E-state index in [0.29, 0.717) is 25.1 Å². The molecule has 1 N–H and O–H groups in total. The third-order valence-electron chi connectivity index (χ3n) is 3.85. The minimum absolute atomic E-state index is 0.117. The fourth-order valence-corrected chi connectivity index (χ4v) is 2.62. The van der Waals surface area contributed by atoms with Crippen LogP contribution in [-0.4, -0.2) is 45.1 Å². The van der Waals surface area contributed by atoms with Crippen LogP contribution in [0.4, 0.5) is 0 Å². The number of carbonyl (C=O) groups is 1. The number of hydrogen-bond donors (Lipinski definition) is 1. The Hall–Kier alpha value is -2.98. The number of likely N-dealkylation sites (tertiary alicyclic amines) is 1. The van der Waals surface area contributed by atoms with Crippen LogP contribution < -0.4 is 4.74 Å². The van der Waals surface area contributed by atoms with E-state index in [1.54, 1.807) is 29.2 Å². The van der Waals surface area contributed by atoms with Crippen molar-refractivity contribution in [2.45, 2.75) is 18.6 Å². The molecule has 2 unspecified atom stereocenters. The molecule has 0 spiro atoms. The molecule has 1 aromatic heterocycles. The van der Waals surface area contributed by atoms with Crippen LogP contribution in [0, 0.1) is 11.3 Å². The normalized spacial score (nSPS) is 18.0. The number of aliphatic hydroxyl groups excluding tert-OH is 1. The monoisotopic (exact) mass is 324 g/mol. The van der Waals surface area contributed by atoms with E-state index in [0.717, 1.165) is 0 Å². The Morgan fingerprint density at radius 2 is 2.08 bits per heavy atom. The maximum absolute atomic E-state index is 12.4. The lowest BCUT2D eigenvalue weighted by Gasteiger charge is -2.20. The molecule has 1 aliphatic rings. The molecular formula is C17H16N4O3. The first-order chi connectivity index (χ1) is 11.7. The molecule has 1 amide bonds. The molecule has 0 saturated carbocycles. The van der Waals surface area contributed by atoms with E-state index in [-0.39, 0.29) is 23.6 Å². The van der Waals surface area contributed by atoms with Crippen LogP contribution in [0.1, 0.15) is 23.8 Å².